The standard InChI is InChI=1S/C25H21Cl2F4N3O5S2/c26-15-3-1-2-14(8-15)13-33-16-4-5-17(33)10-18(9-16)38-21-12-20(28)22(11-19(21)27)41(36,37)34(24-32-6-7-40-24)39-23(35)25(29,30)31/h1-3,6-8,11-12,16-18H,4-5,9-10,13H2/t16-,17+,18-. The first-order valence-electron chi connectivity index (χ1n) is 12.2. The molecular weight excluding hydrogens is 633 g/mol. The van der Waals surface area contributed by atoms with Crippen LogP contribution in [-0.4, -0.2) is 48.6 Å². The number of alkyl halides is 3. The van der Waals surface area contributed by atoms with Crippen LogP contribution in [0.3, 0.4) is 0 Å². The molecule has 8 nitrogen and oxygen atoms in total. The highest BCUT2D eigenvalue weighted by Gasteiger charge is 2.46. The van der Waals surface area contributed by atoms with E-state index in [1.54, 1.807) is 0 Å². The van der Waals surface area contributed by atoms with Crippen LogP contribution >= 0.6 is 34.5 Å². The van der Waals surface area contributed by atoms with Gasteiger partial charge in [-0.1, -0.05) is 39.8 Å². The molecule has 3 heterocycles. The Morgan fingerprint density at radius 3 is 2.46 bits per heavy atom. The molecule has 0 saturated carbocycles. The van der Waals surface area contributed by atoms with Crippen molar-refractivity contribution in [1.82, 2.24) is 9.88 Å². The van der Waals surface area contributed by atoms with Crippen molar-refractivity contribution in [2.24, 2.45) is 0 Å². The Bertz CT molecular complexity index is 1530. The zero-order valence-corrected chi connectivity index (χ0v) is 24.0. The van der Waals surface area contributed by atoms with Crippen LogP contribution in [0.15, 0.2) is 52.9 Å². The van der Waals surface area contributed by atoms with Crippen molar-refractivity contribution < 1.29 is 40.3 Å². The van der Waals surface area contributed by atoms with E-state index < -0.39 is 38.0 Å². The number of hydrogen-bond acceptors (Lipinski definition) is 8. The molecule has 1 aromatic heterocycles. The first-order chi connectivity index (χ1) is 19.3. The lowest BCUT2D eigenvalue weighted by atomic mass is 9.98. The predicted molar refractivity (Wildman–Crippen MR) is 143 cm³/mol. The summed E-state index contributed by atoms with van der Waals surface area (Å²) in [7, 11) is -5.22. The van der Waals surface area contributed by atoms with Crippen LogP contribution in [0.2, 0.25) is 10.0 Å². The minimum Gasteiger partial charge on any atom is -0.489 e. The van der Waals surface area contributed by atoms with Gasteiger partial charge in [0, 0.05) is 41.3 Å². The zero-order chi connectivity index (χ0) is 29.5. The van der Waals surface area contributed by atoms with Crippen molar-refractivity contribution in [3.63, 3.8) is 0 Å². The van der Waals surface area contributed by atoms with E-state index in [-0.39, 0.29) is 33.4 Å². The molecule has 16 heteroatoms. The molecule has 2 saturated heterocycles. The maximum atomic E-state index is 15.2. The fourth-order valence-corrected chi connectivity index (χ4v) is 7.68. The van der Waals surface area contributed by atoms with E-state index in [1.807, 2.05) is 24.3 Å². The molecule has 0 spiro atoms. The number of ether oxygens (including phenoxy) is 1. The van der Waals surface area contributed by atoms with E-state index in [2.05, 4.69) is 14.7 Å². The molecule has 0 unspecified atom stereocenters. The number of hydrogen-bond donors (Lipinski definition) is 0. The van der Waals surface area contributed by atoms with Crippen molar-refractivity contribution in [3.05, 3.63) is 69.4 Å². The Labute approximate surface area is 246 Å². The van der Waals surface area contributed by atoms with Gasteiger partial charge in [-0.15, -0.1) is 11.3 Å². The van der Waals surface area contributed by atoms with Crippen LogP contribution in [0.5, 0.6) is 5.75 Å². The number of rotatable bonds is 8. The maximum Gasteiger partial charge on any atom is 0.493 e. The van der Waals surface area contributed by atoms with Gasteiger partial charge in [-0.05, 0) is 49.4 Å². The van der Waals surface area contributed by atoms with Gasteiger partial charge >= 0.3 is 22.2 Å². The lowest BCUT2D eigenvalue weighted by Gasteiger charge is -2.39. The quantitative estimate of drug-likeness (QED) is 0.206. The average Bonchev–Trinajstić information content (AvgIpc) is 3.49. The third-order valence-corrected chi connectivity index (χ3v) is 9.78. The maximum absolute atomic E-state index is 15.2. The fourth-order valence-electron chi connectivity index (χ4n) is 5.12. The van der Waals surface area contributed by atoms with E-state index in [4.69, 9.17) is 27.9 Å². The Morgan fingerprint density at radius 1 is 1.15 bits per heavy atom. The smallest absolute Gasteiger partial charge is 0.489 e. The van der Waals surface area contributed by atoms with E-state index in [9.17, 15) is 26.4 Å². The molecule has 3 aromatic rings. The van der Waals surface area contributed by atoms with Gasteiger partial charge in [0.2, 0.25) is 5.13 Å². The summed E-state index contributed by atoms with van der Waals surface area (Å²) in [4.78, 5) is 20.4. The van der Waals surface area contributed by atoms with Gasteiger partial charge in [0.25, 0.3) is 0 Å². The largest absolute Gasteiger partial charge is 0.493 e. The second kappa shape index (κ2) is 11.6. The summed E-state index contributed by atoms with van der Waals surface area (Å²) in [6.07, 6.45) is -1.64. The van der Waals surface area contributed by atoms with Gasteiger partial charge in [-0.25, -0.2) is 14.2 Å². The van der Waals surface area contributed by atoms with Gasteiger partial charge in [0.15, 0.2) is 0 Å². The molecule has 2 aliphatic heterocycles. The van der Waals surface area contributed by atoms with Crippen molar-refractivity contribution in [1.29, 1.82) is 0 Å². The Hall–Kier alpha value is -2.65. The van der Waals surface area contributed by atoms with Crippen LogP contribution in [0.25, 0.3) is 0 Å². The predicted octanol–water partition coefficient (Wildman–Crippen LogP) is 6.38. The minimum atomic E-state index is -5.53. The summed E-state index contributed by atoms with van der Waals surface area (Å²) in [5, 5.41) is 0.939. The molecule has 3 atom stereocenters. The molecule has 0 radical (unpaired) electrons. The van der Waals surface area contributed by atoms with Crippen molar-refractivity contribution in [2.75, 3.05) is 4.47 Å². The van der Waals surface area contributed by atoms with Gasteiger partial charge in [-0.3, -0.25) is 4.90 Å². The molecule has 0 amide bonds. The number of fused-ring (bicyclic) bond motifs is 2. The van der Waals surface area contributed by atoms with Crippen LogP contribution in [0.1, 0.15) is 31.2 Å². The van der Waals surface area contributed by atoms with Crippen molar-refractivity contribution in [2.45, 2.75) is 61.5 Å². The number of piperidine rings is 1. The van der Waals surface area contributed by atoms with Crippen molar-refractivity contribution >= 4 is 55.7 Å². The first-order valence-corrected chi connectivity index (χ1v) is 15.3. The number of nitrogens with zero attached hydrogens (tertiary/aromatic N) is 3. The fraction of sp³-hybridized carbons (Fsp3) is 0.360. The normalized spacial score (nSPS) is 21.1. The Balaban J connectivity index is 1.33. The van der Waals surface area contributed by atoms with Gasteiger partial charge in [-0.2, -0.15) is 21.6 Å². The number of anilines is 1. The summed E-state index contributed by atoms with van der Waals surface area (Å²) in [6.45, 7) is 0.721. The number of thiazole rings is 1. The highest BCUT2D eigenvalue weighted by molar-refractivity contribution is 7.92. The summed E-state index contributed by atoms with van der Waals surface area (Å²) in [6, 6.07) is 9.49. The third-order valence-electron chi connectivity index (χ3n) is 6.84. The topological polar surface area (TPSA) is 89.0 Å². The number of benzene rings is 2. The van der Waals surface area contributed by atoms with Crippen LogP contribution in [-0.2, 0) is 26.2 Å². The number of aromatic nitrogens is 1. The van der Waals surface area contributed by atoms with Crippen molar-refractivity contribution in [3.8, 4) is 5.75 Å². The molecule has 2 aliphatic rings. The van der Waals surface area contributed by atoms with E-state index in [0.29, 0.717) is 35.3 Å². The molecule has 220 valence electrons. The molecule has 41 heavy (non-hydrogen) atoms. The molecule has 5 rings (SSSR count). The number of sulfonamides is 1. The molecule has 2 fully saturated rings. The molecule has 2 aromatic carbocycles. The summed E-state index contributed by atoms with van der Waals surface area (Å²) < 4.78 is 85.7. The second-order valence-corrected chi connectivity index (χ2v) is 13.0. The molecule has 0 aliphatic carbocycles. The highest BCUT2D eigenvalue weighted by Crippen LogP contribution is 2.40. The summed E-state index contributed by atoms with van der Waals surface area (Å²) in [5.41, 5.74) is 1.09. The lowest BCUT2D eigenvalue weighted by molar-refractivity contribution is -0.199. The van der Waals surface area contributed by atoms with Gasteiger partial charge < -0.3 is 9.57 Å². The Kier molecular flexibility index (Phi) is 8.41. The zero-order valence-electron chi connectivity index (χ0n) is 20.9. The minimum absolute atomic E-state index is 0.121. The van der Waals surface area contributed by atoms with E-state index in [0.717, 1.165) is 37.2 Å². The number of carbonyl (C=O) groups excluding carboxylic acids is 1. The molecular formula is C25H21Cl2F4N3O5S2. The summed E-state index contributed by atoms with van der Waals surface area (Å²) >= 11 is 12.9. The van der Waals surface area contributed by atoms with E-state index in [1.165, 1.54) is 5.38 Å². The molecule has 2 bridgehead atoms. The van der Waals surface area contributed by atoms with Gasteiger partial charge in [0.05, 0.1) is 5.02 Å². The lowest BCUT2D eigenvalue weighted by Crippen LogP contribution is -2.45. The highest BCUT2D eigenvalue weighted by atomic mass is 35.5. The van der Waals surface area contributed by atoms with Crippen LogP contribution in [0, 0.1) is 5.82 Å². The second-order valence-electron chi connectivity index (χ2n) is 9.53. The van der Waals surface area contributed by atoms with Crippen LogP contribution in [0.4, 0.5) is 22.7 Å². The third kappa shape index (κ3) is 6.41. The first kappa shape index (κ1) is 29.8. The number of carbonyl (C=O) groups is 1. The van der Waals surface area contributed by atoms with E-state index >= 15 is 4.39 Å². The SMILES string of the molecule is O=C(ON(c1nccs1)S(=O)(=O)c1cc(Cl)c(O[C@@H]2C[C@H]3CC[C@@H](C2)N3Cc2cccc(Cl)c2)cc1F)C(F)(F)F. The van der Waals surface area contributed by atoms with Crippen LogP contribution < -0.4 is 9.21 Å². The average molecular weight is 654 g/mol. The monoisotopic (exact) mass is 653 g/mol. The summed E-state index contributed by atoms with van der Waals surface area (Å²) in [5.74, 6) is -4.32. The number of halogens is 6. The Morgan fingerprint density at radius 2 is 1.85 bits per heavy atom. The molecule has 0 N–H and O–H groups in total. The van der Waals surface area contributed by atoms with Gasteiger partial charge in [0.1, 0.15) is 22.6 Å².